The molecular weight excluding hydrogens is 266 g/mol. The van der Waals surface area contributed by atoms with Gasteiger partial charge in [-0.2, -0.15) is 0 Å². The number of aromatic nitrogens is 1. The molecule has 0 radical (unpaired) electrons. The van der Waals surface area contributed by atoms with Gasteiger partial charge in [0, 0.05) is 17.2 Å². The fourth-order valence-electron chi connectivity index (χ4n) is 3.66. The maximum atomic E-state index is 4.49. The molecule has 0 spiro atoms. The second-order valence-electron chi connectivity index (χ2n) is 6.60. The molecule has 1 aliphatic carbocycles. The Bertz CT molecular complexity index is 860. The maximum absolute atomic E-state index is 4.49. The summed E-state index contributed by atoms with van der Waals surface area (Å²) in [6, 6.07) is 19.5. The number of benzene rings is 2. The summed E-state index contributed by atoms with van der Waals surface area (Å²) < 4.78 is 0. The molecule has 22 heavy (non-hydrogen) atoms. The number of aryl methyl sites for hydroxylation is 1. The topological polar surface area (TPSA) is 12.9 Å². The highest BCUT2D eigenvalue weighted by Crippen LogP contribution is 2.50. The van der Waals surface area contributed by atoms with Crippen LogP contribution in [-0.4, -0.2) is 4.98 Å². The molecule has 0 bridgehead atoms. The van der Waals surface area contributed by atoms with Gasteiger partial charge in [0.1, 0.15) is 0 Å². The number of nitrogens with zero attached hydrogens (tertiary/aromatic N) is 1. The minimum atomic E-state index is 0.0431. The van der Waals surface area contributed by atoms with Crippen molar-refractivity contribution in [3.8, 4) is 22.4 Å². The molecule has 4 rings (SSSR count). The molecule has 0 atom stereocenters. The van der Waals surface area contributed by atoms with Crippen LogP contribution in [0.25, 0.3) is 22.4 Å². The van der Waals surface area contributed by atoms with Crippen molar-refractivity contribution in [3.63, 3.8) is 0 Å². The molecule has 0 amide bonds. The van der Waals surface area contributed by atoms with Crippen molar-refractivity contribution >= 4 is 0 Å². The van der Waals surface area contributed by atoms with E-state index in [4.69, 9.17) is 0 Å². The van der Waals surface area contributed by atoms with Crippen LogP contribution in [0, 0.1) is 6.92 Å². The van der Waals surface area contributed by atoms with E-state index in [0.29, 0.717) is 0 Å². The molecule has 1 nitrogen and oxygen atoms in total. The molecule has 0 unspecified atom stereocenters. The molecule has 0 aliphatic heterocycles. The van der Waals surface area contributed by atoms with Crippen molar-refractivity contribution in [2.45, 2.75) is 26.2 Å². The van der Waals surface area contributed by atoms with Crippen LogP contribution < -0.4 is 0 Å². The molecule has 1 heteroatoms. The molecular formula is C21H19N. The zero-order chi connectivity index (χ0) is 15.3. The molecule has 3 aromatic rings. The molecule has 0 saturated heterocycles. The van der Waals surface area contributed by atoms with Crippen molar-refractivity contribution in [1.29, 1.82) is 0 Å². The fourth-order valence-corrected chi connectivity index (χ4v) is 3.66. The average Bonchev–Trinajstić information content (AvgIpc) is 2.77. The van der Waals surface area contributed by atoms with E-state index in [1.807, 2.05) is 18.3 Å². The molecule has 108 valence electrons. The Morgan fingerprint density at radius 3 is 2.50 bits per heavy atom. The SMILES string of the molecule is Cc1cccc2c1-c1ccc(-c3ccccn3)cc1C2(C)C. The van der Waals surface area contributed by atoms with Gasteiger partial charge in [0.2, 0.25) is 0 Å². The Balaban J connectivity index is 1.97. The van der Waals surface area contributed by atoms with Crippen LogP contribution in [0.1, 0.15) is 30.5 Å². The monoisotopic (exact) mass is 285 g/mol. The Morgan fingerprint density at radius 2 is 1.73 bits per heavy atom. The largest absolute Gasteiger partial charge is 0.256 e. The van der Waals surface area contributed by atoms with E-state index in [2.05, 4.69) is 68.2 Å². The molecule has 0 fully saturated rings. The van der Waals surface area contributed by atoms with Crippen LogP contribution >= 0.6 is 0 Å². The second-order valence-corrected chi connectivity index (χ2v) is 6.60. The summed E-state index contributed by atoms with van der Waals surface area (Å²) in [5.74, 6) is 0. The smallest absolute Gasteiger partial charge is 0.0702 e. The number of hydrogen-bond acceptors (Lipinski definition) is 1. The van der Waals surface area contributed by atoms with E-state index >= 15 is 0 Å². The highest BCUT2D eigenvalue weighted by molar-refractivity contribution is 5.85. The third-order valence-corrected chi connectivity index (χ3v) is 4.87. The van der Waals surface area contributed by atoms with E-state index < -0.39 is 0 Å². The van der Waals surface area contributed by atoms with E-state index in [9.17, 15) is 0 Å². The van der Waals surface area contributed by atoms with Gasteiger partial charge in [-0.25, -0.2) is 0 Å². The molecule has 2 aromatic carbocycles. The number of hydrogen-bond donors (Lipinski definition) is 0. The van der Waals surface area contributed by atoms with Gasteiger partial charge in [-0.05, 0) is 52.9 Å². The first-order chi connectivity index (χ1) is 10.6. The van der Waals surface area contributed by atoms with Gasteiger partial charge in [0.25, 0.3) is 0 Å². The minimum Gasteiger partial charge on any atom is -0.256 e. The van der Waals surface area contributed by atoms with Crippen LogP contribution in [0.2, 0.25) is 0 Å². The fraction of sp³-hybridized carbons (Fsp3) is 0.190. The number of rotatable bonds is 1. The van der Waals surface area contributed by atoms with E-state index in [0.717, 1.165) is 5.69 Å². The molecule has 1 aromatic heterocycles. The summed E-state index contributed by atoms with van der Waals surface area (Å²) in [6.45, 7) is 6.84. The van der Waals surface area contributed by atoms with Gasteiger partial charge in [0.15, 0.2) is 0 Å². The van der Waals surface area contributed by atoms with Crippen LogP contribution in [0.4, 0.5) is 0 Å². The summed E-state index contributed by atoms with van der Waals surface area (Å²) in [6.07, 6.45) is 1.85. The van der Waals surface area contributed by atoms with Gasteiger partial charge in [-0.15, -0.1) is 0 Å². The predicted molar refractivity (Wildman–Crippen MR) is 92.0 cm³/mol. The van der Waals surface area contributed by atoms with Crippen molar-refractivity contribution < 1.29 is 0 Å². The summed E-state index contributed by atoms with van der Waals surface area (Å²) in [5.41, 5.74) is 9.25. The summed E-state index contributed by atoms with van der Waals surface area (Å²) >= 11 is 0. The van der Waals surface area contributed by atoms with Gasteiger partial charge < -0.3 is 0 Å². The summed E-state index contributed by atoms with van der Waals surface area (Å²) in [4.78, 5) is 4.49. The van der Waals surface area contributed by atoms with Crippen LogP contribution in [0.3, 0.4) is 0 Å². The Labute approximate surface area is 131 Å². The first-order valence-electron chi connectivity index (χ1n) is 7.75. The van der Waals surface area contributed by atoms with E-state index in [-0.39, 0.29) is 5.41 Å². The average molecular weight is 285 g/mol. The normalized spacial score (nSPS) is 14.5. The molecule has 1 heterocycles. The lowest BCUT2D eigenvalue weighted by atomic mass is 9.81. The third-order valence-electron chi connectivity index (χ3n) is 4.87. The van der Waals surface area contributed by atoms with Crippen molar-refractivity contribution in [2.24, 2.45) is 0 Å². The zero-order valence-electron chi connectivity index (χ0n) is 13.2. The first kappa shape index (κ1) is 13.3. The van der Waals surface area contributed by atoms with Crippen molar-refractivity contribution in [3.05, 3.63) is 77.5 Å². The van der Waals surface area contributed by atoms with Gasteiger partial charge >= 0.3 is 0 Å². The molecule has 0 N–H and O–H groups in total. The third kappa shape index (κ3) is 1.75. The summed E-state index contributed by atoms with van der Waals surface area (Å²) in [7, 11) is 0. The second kappa shape index (κ2) is 4.54. The van der Waals surface area contributed by atoms with Crippen LogP contribution in [0.5, 0.6) is 0 Å². The molecule has 0 saturated carbocycles. The predicted octanol–water partition coefficient (Wildman–Crippen LogP) is 5.36. The van der Waals surface area contributed by atoms with Gasteiger partial charge in [-0.1, -0.05) is 50.2 Å². The first-order valence-corrected chi connectivity index (χ1v) is 7.75. The number of pyridine rings is 1. The number of fused-ring (bicyclic) bond motifs is 3. The lowest BCUT2D eigenvalue weighted by Gasteiger charge is -2.22. The highest BCUT2D eigenvalue weighted by atomic mass is 14.7. The summed E-state index contributed by atoms with van der Waals surface area (Å²) in [5, 5.41) is 0. The maximum Gasteiger partial charge on any atom is 0.0702 e. The van der Waals surface area contributed by atoms with E-state index in [1.165, 1.54) is 33.4 Å². The Kier molecular flexibility index (Phi) is 2.74. The zero-order valence-corrected chi connectivity index (χ0v) is 13.2. The minimum absolute atomic E-state index is 0.0431. The van der Waals surface area contributed by atoms with Crippen LogP contribution in [-0.2, 0) is 5.41 Å². The Hall–Kier alpha value is -2.41. The van der Waals surface area contributed by atoms with Gasteiger partial charge in [-0.3, -0.25) is 4.98 Å². The molecule has 1 aliphatic rings. The lowest BCUT2D eigenvalue weighted by molar-refractivity contribution is 0.660. The lowest BCUT2D eigenvalue weighted by Crippen LogP contribution is -2.15. The highest BCUT2D eigenvalue weighted by Gasteiger charge is 2.36. The van der Waals surface area contributed by atoms with E-state index in [1.54, 1.807) is 0 Å². The van der Waals surface area contributed by atoms with Gasteiger partial charge in [0.05, 0.1) is 5.69 Å². The van der Waals surface area contributed by atoms with Crippen molar-refractivity contribution in [2.75, 3.05) is 0 Å². The van der Waals surface area contributed by atoms with Crippen molar-refractivity contribution in [1.82, 2.24) is 4.98 Å². The quantitative estimate of drug-likeness (QED) is 0.586. The van der Waals surface area contributed by atoms with Crippen LogP contribution in [0.15, 0.2) is 60.8 Å². The Morgan fingerprint density at radius 1 is 0.864 bits per heavy atom. The standard InChI is InChI=1S/C21H19N/c1-14-7-6-8-17-20(14)16-11-10-15(13-18(16)21(17,2)3)19-9-4-5-12-22-19/h4-13H,1-3H3.